The number of amides is 1. The van der Waals surface area contributed by atoms with E-state index in [4.69, 9.17) is 16.3 Å². The van der Waals surface area contributed by atoms with Gasteiger partial charge in [0.05, 0.1) is 10.6 Å². The molecule has 0 bridgehead atoms. The number of hydrogen-bond acceptors (Lipinski definition) is 4. The molecule has 7 heteroatoms. The topological polar surface area (TPSA) is 55.4 Å². The molecule has 0 saturated carbocycles. The van der Waals surface area contributed by atoms with Crippen molar-refractivity contribution in [1.29, 1.82) is 0 Å². The first kappa shape index (κ1) is 19.3. The van der Waals surface area contributed by atoms with Crippen LogP contribution in [-0.2, 0) is 16.0 Å². The Bertz CT molecular complexity index is 752. The second-order valence-corrected chi connectivity index (χ2v) is 6.44. The number of carbonyl (C=O) groups is 2. The van der Waals surface area contributed by atoms with Crippen molar-refractivity contribution in [3.8, 4) is 0 Å². The van der Waals surface area contributed by atoms with Crippen LogP contribution in [0.1, 0.15) is 15.9 Å². The minimum absolute atomic E-state index is 0.229. The fraction of sp³-hybridized carbons (Fsp3) is 0.222. The van der Waals surface area contributed by atoms with Crippen LogP contribution >= 0.6 is 23.4 Å². The Balaban J connectivity index is 1.77. The van der Waals surface area contributed by atoms with E-state index in [1.54, 1.807) is 30.3 Å². The molecule has 0 saturated heterocycles. The molecule has 25 heavy (non-hydrogen) atoms. The third-order valence-corrected chi connectivity index (χ3v) is 4.43. The Hall–Kier alpha value is -2.05. The van der Waals surface area contributed by atoms with Crippen molar-refractivity contribution in [2.45, 2.75) is 11.3 Å². The molecule has 2 rings (SSSR count). The molecule has 0 heterocycles. The Kier molecular flexibility index (Phi) is 7.28. The van der Waals surface area contributed by atoms with Crippen molar-refractivity contribution in [3.05, 3.63) is 64.4 Å². The molecule has 0 aromatic heterocycles. The predicted octanol–water partition coefficient (Wildman–Crippen LogP) is 3.72. The summed E-state index contributed by atoms with van der Waals surface area (Å²) in [7, 11) is 0. The molecule has 1 N–H and O–H groups in total. The highest BCUT2D eigenvalue weighted by molar-refractivity contribution is 7.98. The van der Waals surface area contributed by atoms with Gasteiger partial charge in [0.25, 0.3) is 5.91 Å². The maximum Gasteiger partial charge on any atom is 0.340 e. The quantitative estimate of drug-likeness (QED) is 0.586. The van der Waals surface area contributed by atoms with Gasteiger partial charge in [0, 0.05) is 11.4 Å². The van der Waals surface area contributed by atoms with Crippen LogP contribution in [0.4, 0.5) is 4.39 Å². The summed E-state index contributed by atoms with van der Waals surface area (Å²) >= 11 is 7.46. The second kappa shape index (κ2) is 9.44. The zero-order valence-corrected chi connectivity index (χ0v) is 15.1. The smallest absolute Gasteiger partial charge is 0.340 e. The molecule has 1 amide bonds. The number of halogens is 2. The highest BCUT2D eigenvalue weighted by Crippen LogP contribution is 2.23. The fourth-order valence-corrected chi connectivity index (χ4v) is 2.68. The van der Waals surface area contributed by atoms with Gasteiger partial charge in [-0.3, -0.25) is 4.79 Å². The summed E-state index contributed by atoms with van der Waals surface area (Å²) in [5.41, 5.74) is 1.13. The molecule has 0 radical (unpaired) electrons. The second-order valence-electron chi connectivity index (χ2n) is 5.15. The monoisotopic (exact) mass is 381 g/mol. The molecule has 0 aliphatic rings. The van der Waals surface area contributed by atoms with E-state index in [9.17, 15) is 14.0 Å². The molecule has 4 nitrogen and oxygen atoms in total. The number of benzene rings is 2. The first-order chi connectivity index (χ1) is 12.0. The number of ether oxygens (including phenoxy) is 1. The van der Waals surface area contributed by atoms with Crippen LogP contribution in [0.15, 0.2) is 47.4 Å². The molecule has 0 atom stereocenters. The summed E-state index contributed by atoms with van der Waals surface area (Å²) in [6.45, 7) is -0.0210. The lowest BCUT2D eigenvalue weighted by molar-refractivity contribution is -0.124. The number of thioether (sulfide) groups is 1. The molecule has 0 aliphatic heterocycles. The maximum atomic E-state index is 12.8. The maximum absolute atomic E-state index is 12.8. The highest BCUT2D eigenvalue weighted by Gasteiger charge is 2.14. The minimum atomic E-state index is -0.644. The standard InChI is InChI=1S/C18H17ClFNO3S/c1-25-14-6-7-16(19)15(10-14)18(23)24-11-17(22)21-9-8-12-2-4-13(20)5-3-12/h2-7,10H,8-9,11H2,1H3,(H,21,22). The molecule has 2 aromatic carbocycles. The van der Waals surface area contributed by atoms with E-state index in [1.807, 2.05) is 6.26 Å². The number of rotatable bonds is 7. The van der Waals surface area contributed by atoms with Gasteiger partial charge in [-0.15, -0.1) is 11.8 Å². The van der Waals surface area contributed by atoms with Gasteiger partial charge in [-0.1, -0.05) is 23.7 Å². The number of esters is 1. The van der Waals surface area contributed by atoms with E-state index in [0.717, 1.165) is 10.5 Å². The van der Waals surface area contributed by atoms with Gasteiger partial charge in [-0.05, 0) is 48.6 Å². The Labute approximate surface area is 154 Å². The molecule has 132 valence electrons. The Morgan fingerprint density at radius 1 is 1.20 bits per heavy atom. The fourth-order valence-electron chi connectivity index (χ4n) is 2.04. The van der Waals surface area contributed by atoms with E-state index in [-0.39, 0.29) is 23.0 Å². The molecule has 0 spiro atoms. The summed E-state index contributed by atoms with van der Waals surface area (Å²) in [6, 6.07) is 11.1. The summed E-state index contributed by atoms with van der Waals surface area (Å²) in [5, 5.41) is 2.92. The summed E-state index contributed by atoms with van der Waals surface area (Å²) in [4.78, 5) is 24.7. The van der Waals surface area contributed by atoms with Gasteiger partial charge in [0.15, 0.2) is 6.61 Å². The largest absolute Gasteiger partial charge is 0.452 e. The zero-order chi connectivity index (χ0) is 18.2. The lowest BCUT2D eigenvalue weighted by Gasteiger charge is -2.08. The molecule has 0 fully saturated rings. The number of carbonyl (C=O) groups excluding carboxylic acids is 2. The van der Waals surface area contributed by atoms with Crippen molar-refractivity contribution < 1.29 is 18.7 Å². The van der Waals surface area contributed by atoms with Gasteiger partial charge in [0.1, 0.15) is 5.82 Å². The summed E-state index contributed by atoms with van der Waals surface area (Å²) in [6.07, 6.45) is 2.44. The first-order valence-corrected chi connectivity index (χ1v) is 9.11. The minimum Gasteiger partial charge on any atom is -0.452 e. The molecular formula is C18H17ClFNO3S. The normalized spacial score (nSPS) is 10.4. The van der Waals surface area contributed by atoms with Crippen LogP contribution in [0, 0.1) is 5.82 Å². The van der Waals surface area contributed by atoms with Crippen molar-refractivity contribution in [2.24, 2.45) is 0 Å². The van der Waals surface area contributed by atoms with E-state index >= 15 is 0 Å². The molecule has 0 unspecified atom stereocenters. The average Bonchev–Trinajstić information content (AvgIpc) is 2.62. The van der Waals surface area contributed by atoms with Crippen LogP contribution in [0.2, 0.25) is 5.02 Å². The lowest BCUT2D eigenvalue weighted by Crippen LogP contribution is -2.30. The van der Waals surface area contributed by atoms with Gasteiger partial charge in [-0.25, -0.2) is 9.18 Å². The summed E-state index contributed by atoms with van der Waals surface area (Å²) in [5.74, 6) is -1.36. The lowest BCUT2D eigenvalue weighted by atomic mass is 10.1. The van der Waals surface area contributed by atoms with E-state index in [1.165, 1.54) is 23.9 Å². The molecule has 0 aliphatic carbocycles. The van der Waals surface area contributed by atoms with E-state index in [2.05, 4.69) is 5.32 Å². The number of nitrogens with one attached hydrogen (secondary N) is 1. The third kappa shape index (κ3) is 6.07. The van der Waals surface area contributed by atoms with Crippen LogP contribution in [0.3, 0.4) is 0 Å². The van der Waals surface area contributed by atoms with E-state index in [0.29, 0.717) is 13.0 Å². The van der Waals surface area contributed by atoms with Gasteiger partial charge >= 0.3 is 5.97 Å². The first-order valence-electron chi connectivity index (χ1n) is 7.51. The summed E-state index contributed by atoms with van der Waals surface area (Å²) < 4.78 is 17.8. The van der Waals surface area contributed by atoms with Crippen LogP contribution in [0.25, 0.3) is 0 Å². The average molecular weight is 382 g/mol. The van der Waals surface area contributed by atoms with Crippen molar-refractivity contribution in [1.82, 2.24) is 5.32 Å². The van der Waals surface area contributed by atoms with Gasteiger partial charge in [0.2, 0.25) is 0 Å². The van der Waals surface area contributed by atoms with Crippen molar-refractivity contribution in [3.63, 3.8) is 0 Å². The van der Waals surface area contributed by atoms with Crippen molar-refractivity contribution in [2.75, 3.05) is 19.4 Å². The van der Waals surface area contributed by atoms with Crippen LogP contribution in [0.5, 0.6) is 0 Å². The SMILES string of the molecule is CSc1ccc(Cl)c(C(=O)OCC(=O)NCCc2ccc(F)cc2)c1. The highest BCUT2D eigenvalue weighted by atomic mass is 35.5. The van der Waals surface area contributed by atoms with Crippen molar-refractivity contribution >= 4 is 35.2 Å². The van der Waals surface area contributed by atoms with Gasteiger partial charge in [-0.2, -0.15) is 0 Å². The predicted molar refractivity (Wildman–Crippen MR) is 96.6 cm³/mol. The van der Waals surface area contributed by atoms with E-state index < -0.39 is 11.9 Å². The zero-order valence-electron chi connectivity index (χ0n) is 13.6. The molecular weight excluding hydrogens is 365 g/mol. The van der Waals surface area contributed by atoms with Crippen LogP contribution < -0.4 is 5.32 Å². The Morgan fingerprint density at radius 3 is 2.60 bits per heavy atom. The van der Waals surface area contributed by atoms with Gasteiger partial charge < -0.3 is 10.1 Å². The van der Waals surface area contributed by atoms with Crippen LogP contribution in [-0.4, -0.2) is 31.3 Å². The molecule has 2 aromatic rings. The number of hydrogen-bond donors (Lipinski definition) is 1. The third-order valence-electron chi connectivity index (χ3n) is 3.38. The Morgan fingerprint density at radius 2 is 1.92 bits per heavy atom.